The number of para-hydroxylation sites is 1. The van der Waals surface area contributed by atoms with Gasteiger partial charge in [-0.15, -0.1) is 0 Å². The number of benzene rings is 1. The molecule has 0 aliphatic carbocycles. The highest BCUT2D eigenvalue weighted by Gasteiger charge is 2.24. The summed E-state index contributed by atoms with van der Waals surface area (Å²) in [5.41, 5.74) is 0.733. The maximum absolute atomic E-state index is 13.8. The molecule has 0 radical (unpaired) electrons. The largest absolute Gasteiger partial charge is 0.365 e. The summed E-state index contributed by atoms with van der Waals surface area (Å²) in [5, 5.41) is 3.47. The van der Waals surface area contributed by atoms with Crippen LogP contribution in [0.5, 0.6) is 0 Å². The number of piperidine rings is 1. The number of hydrogen-bond donors (Lipinski definition) is 1. The fourth-order valence-electron chi connectivity index (χ4n) is 2.56. The molecule has 1 aliphatic heterocycles. The molecule has 2 nitrogen and oxygen atoms in total. The molecule has 0 aromatic heterocycles. The minimum atomic E-state index is -0.118. The van der Waals surface area contributed by atoms with Crippen LogP contribution in [0.4, 0.5) is 10.1 Å². The fourth-order valence-corrected chi connectivity index (χ4v) is 2.56. The zero-order chi connectivity index (χ0) is 12.3. The van der Waals surface area contributed by atoms with Crippen molar-refractivity contribution in [2.45, 2.75) is 38.8 Å². The van der Waals surface area contributed by atoms with Gasteiger partial charge in [0.05, 0.1) is 5.69 Å². The van der Waals surface area contributed by atoms with E-state index in [1.165, 1.54) is 6.07 Å². The Bertz CT molecular complexity index is 359. The third-order valence-electron chi connectivity index (χ3n) is 3.58. The van der Waals surface area contributed by atoms with Crippen LogP contribution in [0.1, 0.15) is 26.7 Å². The Kier molecular flexibility index (Phi) is 4.00. The lowest BCUT2D eigenvalue weighted by Crippen LogP contribution is -2.49. The SMILES string of the molecule is CCN(c1ccccc1F)C1CCC(C)NC1. The first-order chi connectivity index (χ1) is 8.22. The van der Waals surface area contributed by atoms with E-state index < -0.39 is 0 Å². The Labute approximate surface area is 103 Å². The molecule has 1 aromatic rings. The minimum Gasteiger partial charge on any atom is -0.365 e. The first-order valence-electron chi connectivity index (χ1n) is 6.47. The monoisotopic (exact) mass is 236 g/mol. The van der Waals surface area contributed by atoms with E-state index in [1.54, 1.807) is 6.07 Å². The molecule has 2 unspecified atom stereocenters. The van der Waals surface area contributed by atoms with Gasteiger partial charge in [-0.05, 0) is 38.8 Å². The van der Waals surface area contributed by atoms with E-state index >= 15 is 0 Å². The number of hydrogen-bond acceptors (Lipinski definition) is 2. The summed E-state index contributed by atoms with van der Waals surface area (Å²) < 4.78 is 13.8. The lowest BCUT2D eigenvalue weighted by molar-refractivity contribution is 0.368. The molecule has 1 aromatic carbocycles. The zero-order valence-electron chi connectivity index (χ0n) is 10.6. The lowest BCUT2D eigenvalue weighted by Gasteiger charge is -2.37. The molecule has 1 aliphatic rings. The van der Waals surface area contributed by atoms with Gasteiger partial charge in [-0.3, -0.25) is 0 Å². The second-order valence-electron chi connectivity index (χ2n) is 4.78. The smallest absolute Gasteiger partial charge is 0.146 e. The Balaban J connectivity index is 2.14. The van der Waals surface area contributed by atoms with Gasteiger partial charge in [-0.25, -0.2) is 4.39 Å². The number of halogens is 1. The number of rotatable bonds is 3. The molecule has 2 atom stereocenters. The molecular weight excluding hydrogens is 215 g/mol. The molecule has 0 saturated carbocycles. The van der Waals surface area contributed by atoms with Gasteiger partial charge in [0.1, 0.15) is 5.82 Å². The minimum absolute atomic E-state index is 0.118. The van der Waals surface area contributed by atoms with Gasteiger partial charge in [-0.2, -0.15) is 0 Å². The maximum Gasteiger partial charge on any atom is 0.146 e. The van der Waals surface area contributed by atoms with Crippen LogP contribution in [0.2, 0.25) is 0 Å². The van der Waals surface area contributed by atoms with Gasteiger partial charge in [0, 0.05) is 25.2 Å². The van der Waals surface area contributed by atoms with E-state index in [4.69, 9.17) is 0 Å². The van der Waals surface area contributed by atoms with E-state index in [1.807, 2.05) is 12.1 Å². The summed E-state index contributed by atoms with van der Waals surface area (Å²) in [7, 11) is 0. The normalized spacial score (nSPS) is 24.6. The van der Waals surface area contributed by atoms with Crippen LogP contribution in [0.3, 0.4) is 0 Å². The number of nitrogens with one attached hydrogen (secondary N) is 1. The van der Waals surface area contributed by atoms with Crippen molar-refractivity contribution in [3.8, 4) is 0 Å². The Morgan fingerprint density at radius 1 is 1.35 bits per heavy atom. The highest BCUT2D eigenvalue weighted by Crippen LogP contribution is 2.24. The summed E-state index contributed by atoms with van der Waals surface area (Å²) in [5.74, 6) is -0.118. The Morgan fingerprint density at radius 3 is 2.71 bits per heavy atom. The average molecular weight is 236 g/mol. The predicted molar refractivity (Wildman–Crippen MR) is 69.9 cm³/mol. The molecule has 0 amide bonds. The van der Waals surface area contributed by atoms with Gasteiger partial charge < -0.3 is 10.2 Å². The van der Waals surface area contributed by atoms with Crippen molar-refractivity contribution in [1.82, 2.24) is 5.32 Å². The first kappa shape index (κ1) is 12.4. The van der Waals surface area contributed by atoms with Crippen LogP contribution in [0.15, 0.2) is 24.3 Å². The summed E-state index contributed by atoms with van der Waals surface area (Å²) >= 11 is 0. The molecule has 0 bridgehead atoms. The molecule has 17 heavy (non-hydrogen) atoms. The molecule has 3 heteroatoms. The van der Waals surface area contributed by atoms with Crippen LogP contribution in [-0.2, 0) is 0 Å². The second-order valence-corrected chi connectivity index (χ2v) is 4.78. The number of nitrogens with zero attached hydrogens (tertiary/aromatic N) is 1. The van der Waals surface area contributed by atoms with E-state index in [-0.39, 0.29) is 5.82 Å². The predicted octanol–water partition coefficient (Wildman–Crippen LogP) is 2.79. The van der Waals surface area contributed by atoms with Crippen molar-refractivity contribution in [3.63, 3.8) is 0 Å². The molecule has 0 spiro atoms. The molecule has 1 fully saturated rings. The van der Waals surface area contributed by atoms with Crippen molar-refractivity contribution in [2.24, 2.45) is 0 Å². The summed E-state index contributed by atoms with van der Waals surface area (Å²) in [4.78, 5) is 2.17. The van der Waals surface area contributed by atoms with Crippen molar-refractivity contribution >= 4 is 5.69 Å². The lowest BCUT2D eigenvalue weighted by atomic mass is 10.00. The molecule has 1 saturated heterocycles. The van der Waals surface area contributed by atoms with E-state index in [0.717, 1.165) is 31.6 Å². The van der Waals surface area contributed by atoms with Crippen LogP contribution < -0.4 is 10.2 Å². The zero-order valence-corrected chi connectivity index (χ0v) is 10.6. The van der Waals surface area contributed by atoms with Crippen molar-refractivity contribution in [1.29, 1.82) is 0 Å². The van der Waals surface area contributed by atoms with Gasteiger partial charge in [-0.1, -0.05) is 12.1 Å². The molecule has 2 rings (SSSR count). The topological polar surface area (TPSA) is 15.3 Å². The fraction of sp³-hybridized carbons (Fsp3) is 0.571. The van der Waals surface area contributed by atoms with Crippen molar-refractivity contribution in [3.05, 3.63) is 30.1 Å². The summed E-state index contributed by atoms with van der Waals surface area (Å²) in [6.07, 6.45) is 2.30. The first-order valence-corrected chi connectivity index (χ1v) is 6.47. The Morgan fingerprint density at radius 2 is 2.12 bits per heavy atom. The van der Waals surface area contributed by atoms with Crippen molar-refractivity contribution in [2.75, 3.05) is 18.0 Å². The molecular formula is C14H21FN2. The Hall–Kier alpha value is -1.09. The van der Waals surface area contributed by atoms with Gasteiger partial charge in [0.25, 0.3) is 0 Å². The van der Waals surface area contributed by atoms with Crippen LogP contribution >= 0.6 is 0 Å². The van der Waals surface area contributed by atoms with Gasteiger partial charge in [0.2, 0.25) is 0 Å². The summed E-state index contributed by atoms with van der Waals surface area (Å²) in [6, 6.07) is 8.06. The molecule has 94 valence electrons. The van der Waals surface area contributed by atoms with Crippen molar-refractivity contribution < 1.29 is 4.39 Å². The third-order valence-corrected chi connectivity index (χ3v) is 3.58. The van der Waals surface area contributed by atoms with E-state index in [9.17, 15) is 4.39 Å². The maximum atomic E-state index is 13.8. The van der Waals surface area contributed by atoms with E-state index in [0.29, 0.717) is 12.1 Å². The molecule has 1 N–H and O–H groups in total. The quantitative estimate of drug-likeness (QED) is 0.868. The van der Waals surface area contributed by atoms with Gasteiger partial charge >= 0.3 is 0 Å². The van der Waals surface area contributed by atoms with E-state index in [2.05, 4.69) is 24.1 Å². The van der Waals surface area contributed by atoms with Crippen LogP contribution in [-0.4, -0.2) is 25.2 Å². The number of anilines is 1. The van der Waals surface area contributed by atoms with Gasteiger partial charge in [0.15, 0.2) is 0 Å². The second kappa shape index (κ2) is 5.50. The highest BCUT2D eigenvalue weighted by atomic mass is 19.1. The highest BCUT2D eigenvalue weighted by molar-refractivity contribution is 5.48. The number of likely N-dealkylation sites (N-methyl/N-ethyl adjacent to an activating group) is 1. The standard InChI is InChI=1S/C14H21FN2/c1-3-17(12-9-8-11(2)16-10-12)14-7-5-4-6-13(14)15/h4-7,11-12,16H,3,8-10H2,1-2H3. The summed E-state index contributed by atoms with van der Waals surface area (Å²) in [6.45, 7) is 6.09. The average Bonchev–Trinajstić information content (AvgIpc) is 2.35. The van der Waals surface area contributed by atoms with Crippen LogP contribution in [0.25, 0.3) is 0 Å². The third kappa shape index (κ3) is 2.78. The molecule has 1 heterocycles. The van der Waals surface area contributed by atoms with Crippen LogP contribution in [0, 0.1) is 5.82 Å².